The summed E-state index contributed by atoms with van der Waals surface area (Å²) in [6, 6.07) is 0. The molecule has 0 amide bonds. The van der Waals surface area contributed by atoms with Crippen molar-refractivity contribution in [2.24, 2.45) is 0 Å². The minimum absolute atomic E-state index is 0.143. The largest absolute Gasteiger partial charge is 0.466 e. The van der Waals surface area contributed by atoms with Gasteiger partial charge in [-0.15, -0.1) is 0 Å². The summed E-state index contributed by atoms with van der Waals surface area (Å²) in [6.07, 6.45) is 4.38. The molecule has 3 nitrogen and oxygen atoms in total. The van der Waals surface area contributed by atoms with E-state index in [1.165, 1.54) is 0 Å². The molecule has 3 heteroatoms. The number of aliphatic hydroxyl groups is 1. The first kappa shape index (κ1) is 13.4. The Kier molecular flexibility index (Phi) is 8.64. The molecule has 0 radical (unpaired) electrons. The molecule has 1 N–H and O–H groups in total. The van der Waals surface area contributed by atoms with E-state index in [9.17, 15) is 9.90 Å². The highest BCUT2D eigenvalue weighted by molar-refractivity contribution is 5.69. The van der Waals surface area contributed by atoms with Crippen LogP contribution in [-0.2, 0) is 9.53 Å². The lowest BCUT2D eigenvalue weighted by atomic mass is 10.1. The Labute approximate surface area is 86.5 Å². The van der Waals surface area contributed by atoms with E-state index in [1.807, 2.05) is 6.92 Å². The molecular formula is C11H22O3. The third-order valence-electron chi connectivity index (χ3n) is 2.01. The minimum atomic E-state index is -0.522. The number of unbranched alkanes of at least 4 members (excludes halogenated alkanes) is 2. The van der Waals surface area contributed by atoms with Crippen LogP contribution in [0.25, 0.3) is 0 Å². The third kappa shape index (κ3) is 8.05. The normalized spacial score (nSPS) is 12.5. The van der Waals surface area contributed by atoms with E-state index < -0.39 is 6.10 Å². The van der Waals surface area contributed by atoms with Crippen LogP contribution < -0.4 is 0 Å². The second-order valence-electron chi connectivity index (χ2n) is 3.57. The summed E-state index contributed by atoms with van der Waals surface area (Å²) < 4.78 is 4.87. The molecule has 0 spiro atoms. The molecule has 1 atom stereocenters. The van der Waals surface area contributed by atoms with E-state index in [0.29, 0.717) is 13.0 Å². The van der Waals surface area contributed by atoms with Crippen molar-refractivity contribution in [2.75, 3.05) is 6.61 Å². The molecule has 0 bridgehead atoms. The van der Waals surface area contributed by atoms with E-state index in [-0.39, 0.29) is 12.4 Å². The lowest BCUT2D eigenvalue weighted by Gasteiger charge is -2.09. The minimum Gasteiger partial charge on any atom is -0.466 e. The highest BCUT2D eigenvalue weighted by Gasteiger charge is 2.10. The van der Waals surface area contributed by atoms with Crippen LogP contribution in [0.1, 0.15) is 52.4 Å². The zero-order chi connectivity index (χ0) is 10.8. The van der Waals surface area contributed by atoms with Gasteiger partial charge in [-0.1, -0.05) is 33.1 Å². The lowest BCUT2D eigenvalue weighted by Crippen LogP contribution is -2.16. The van der Waals surface area contributed by atoms with E-state index >= 15 is 0 Å². The number of hydrogen-bond donors (Lipinski definition) is 1. The SMILES string of the molecule is CCCCCC(O)CC(=O)OCCC. The van der Waals surface area contributed by atoms with Crippen LogP contribution in [0, 0.1) is 0 Å². The molecule has 0 rings (SSSR count). The van der Waals surface area contributed by atoms with E-state index in [4.69, 9.17) is 4.74 Å². The van der Waals surface area contributed by atoms with Crippen molar-refractivity contribution in [3.05, 3.63) is 0 Å². The van der Waals surface area contributed by atoms with Crippen LogP contribution in [0.4, 0.5) is 0 Å². The molecule has 0 aromatic heterocycles. The Morgan fingerprint density at radius 2 is 2.00 bits per heavy atom. The fourth-order valence-corrected chi connectivity index (χ4v) is 1.20. The molecule has 0 aromatic carbocycles. The van der Waals surface area contributed by atoms with Crippen LogP contribution >= 0.6 is 0 Å². The molecule has 0 fully saturated rings. The summed E-state index contributed by atoms with van der Waals surface area (Å²) in [6.45, 7) is 4.52. The average Bonchev–Trinajstić information content (AvgIpc) is 2.15. The van der Waals surface area contributed by atoms with Gasteiger partial charge in [0.1, 0.15) is 0 Å². The molecule has 84 valence electrons. The zero-order valence-corrected chi connectivity index (χ0v) is 9.29. The highest BCUT2D eigenvalue weighted by Crippen LogP contribution is 2.07. The topological polar surface area (TPSA) is 46.5 Å². The quantitative estimate of drug-likeness (QED) is 0.485. The van der Waals surface area contributed by atoms with Gasteiger partial charge in [0, 0.05) is 0 Å². The summed E-state index contributed by atoms with van der Waals surface area (Å²) in [5.41, 5.74) is 0. The fourth-order valence-electron chi connectivity index (χ4n) is 1.20. The second-order valence-corrected chi connectivity index (χ2v) is 3.57. The van der Waals surface area contributed by atoms with Gasteiger partial charge in [0.25, 0.3) is 0 Å². The Hall–Kier alpha value is -0.570. The molecule has 0 saturated carbocycles. The maximum atomic E-state index is 11.1. The molecule has 0 aliphatic rings. The maximum Gasteiger partial charge on any atom is 0.308 e. The molecule has 1 unspecified atom stereocenters. The van der Waals surface area contributed by atoms with Gasteiger partial charge in [-0.05, 0) is 12.8 Å². The van der Waals surface area contributed by atoms with Crippen LogP contribution in [0.5, 0.6) is 0 Å². The Balaban J connectivity index is 3.40. The number of esters is 1. The summed E-state index contributed by atoms with van der Waals surface area (Å²) in [5.74, 6) is -0.282. The molecule has 0 saturated heterocycles. The number of rotatable bonds is 8. The number of hydrogen-bond acceptors (Lipinski definition) is 3. The Bertz CT molecular complexity index is 145. The molecule has 0 aromatic rings. The van der Waals surface area contributed by atoms with Crippen molar-refractivity contribution in [1.82, 2.24) is 0 Å². The summed E-state index contributed by atoms with van der Waals surface area (Å²) in [4.78, 5) is 11.1. The molecular weight excluding hydrogens is 180 g/mol. The van der Waals surface area contributed by atoms with Gasteiger partial charge in [0.15, 0.2) is 0 Å². The maximum absolute atomic E-state index is 11.1. The first-order valence-corrected chi connectivity index (χ1v) is 5.54. The van der Waals surface area contributed by atoms with Crippen LogP contribution in [0.2, 0.25) is 0 Å². The van der Waals surface area contributed by atoms with Crippen molar-refractivity contribution in [2.45, 2.75) is 58.5 Å². The van der Waals surface area contributed by atoms with E-state index in [2.05, 4.69) is 6.92 Å². The number of carbonyl (C=O) groups is 1. The van der Waals surface area contributed by atoms with Crippen molar-refractivity contribution in [1.29, 1.82) is 0 Å². The second kappa shape index (κ2) is 9.00. The first-order valence-electron chi connectivity index (χ1n) is 5.54. The van der Waals surface area contributed by atoms with Gasteiger partial charge in [0.2, 0.25) is 0 Å². The average molecular weight is 202 g/mol. The number of carbonyl (C=O) groups excluding carboxylic acids is 1. The van der Waals surface area contributed by atoms with Crippen LogP contribution in [0.3, 0.4) is 0 Å². The van der Waals surface area contributed by atoms with Gasteiger partial charge in [-0.25, -0.2) is 0 Å². The predicted octanol–water partition coefficient (Wildman–Crippen LogP) is 2.27. The zero-order valence-electron chi connectivity index (χ0n) is 9.29. The van der Waals surface area contributed by atoms with E-state index in [1.54, 1.807) is 0 Å². The predicted molar refractivity (Wildman–Crippen MR) is 56.0 cm³/mol. The van der Waals surface area contributed by atoms with Crippen LogP contribution in [0.15, 0.2) is 0 Å². The molecule has 0 heterocycles. The first-order chi connectivity index (χ1) is 6.70. The lowest BCUT2D eigenvalue weighted by molar-refractivity contribution is -0.145. The van der Waals surface area contributed by atoms with Gasteiger partial charge in [-0.3, -0.25) is 4.79 Å². The molecule has 0 aliphatic carbocycles. The van der Waals surface area contributed by atoms with Crippen molar-refractivity contribution in [3.8, 4) is 0 Å². The Morgan fingerprint density at radius 1 is 1.29 bits per heavy atom. The van der Waals surface area contributed by atoms with Crippen molar-refractivity contribution < 1.29 is 14.6 Å². The summed E-state index contributed by atoms with van der Waals surface area (Å²) in [7, 11) is 0. The summed E-state index contributed by atoms with van der Waals surface area (Å²) in [5, 5.41) is 9.44. The fraction of sp³-hybridized carbons (Fsp3) is 0.909. The monoisotopic (exact) mass is 202 g/mol. The smallest absolute Gasteiger partial charge is 0.308 e. The van der Waals surface area contributed by atoms with Crippen LogP contribution in [-0.4, -0.2) is 23.8 Å². The van der Waals surface area contributed by atoms with Crippen molar-refractivity contribution >= 4 is 5.97 Å². The van der Waals surface area contributed by atoms with E-state index in [0.717, 1.165) is 25.7 Å². The van der Waals surface area contributed by atoms with Gasteiger partial charge in [0.05, 0.1) is 19.1 Å². The van der Waals surface area contributed by atoms with Gasteiger partial charge >= 0.3 is 5.97 Å². The third-order valence-corrected chi connectivity index (χ3v) is 2.01. The number of aliphatic hydroxyl groups excluding tert-OH is 1. The highest BCUT2D eigenvalue weighted by atomic mass is 16.5. The molecule has 14 heavy (non-hydrogen) atoms. The standard InChI is InChI=1S/C11H22O3/c1-3-5-6-7-10(12)9-11(13)14-8-4-2/h10,12H,3-9H2,1-2H3. The number of ether oxygens (including phenoxy) is 1. The van der Waals surface area contributed by atoms with Crippen molar-refractivity contribution in [3.63, 3.8) is 0 Å². The molecule has 0 aliphatic heterocycles. The Morgan fingerprint density at radius 3 is 2.57 bits per heavy atom. The van der Waals surface area contributed by atoms with Gasteiger partial charge in [-0.2, -0.15) is 0 Å². The summed E-state index contributed by atoms with van der Waals surface area (Å²) >= 11 is 0. The van der Waals surface area contributed by atoms with Gasteiger partial charge < -0.3 is 9.84 Å².